The molecule has 1 aliphatic rings. The van der Waals surface area contributed by atoms with Crippen molar-refractivity contribution < 1.29 is 28.9 Å². The smallest absolute Gasteiger partial charge is 0.342 e. The van der Waals surface area contributed by atoms with E-state index in [1.807, 2.05) is 32.9 Å². The van der Waals surface area contributed by atoms with E-state index in [1.165, 1.54) is 0 Å². The molecule has 0 spiro atoms. The monoisotopic (exact) mass is 483 g/mol. The third kappa shape index (κ3) is 10.2. The van der Waals surface area contributed by atoms with Crippen molar-refractivity contribution in [3.05, 3.63) is 29.3 Å². The molecule has 0 fully saturated rings. The third-order valence-electron chi connectivity index (χ3n) is 5.24. The van der Waals surface area contributed by atoms with Gasteiger partial charge >= 0.3 is 5.97 Å². The number of nitrogens with one attached hydrogen (secondary N) is 1. The molecule has 2 N–H and O–H groups in total. The Morgan fingerprint density at radius 2 is 1.94 bits per heavy atom. The lowest BCUT2D eigenvalue weighted by molar-refractivity contribution is -0.119. The van der Waals surface area contributed by atoms with E-state index in [2.05, 4.69) is 5.32 Å². The molecule has 0 saturated carbocycles. The van der Waals surface area contributed by atoms with Crippen LogP contribution in [-0.2, 0) is 9.53 Å². The Morgan fingerprint density at radius 1 is 1.21 bits per heavy atom. The van der Waals surface area contributed by atoms with Gasteiger partial charge in [-0.25, -0.2) is 4.79 Å². The molecular weight excluding hydrogens is 446 g/mol. The van der Waals surface area contributed by atoms with Crippen LogP contribution in [0.3, 0.4) is 0 Å². The average Bonchev–Trinajstić information content (AvgIpc) is 2.74. The predicted octanol–water partition coefficient (Wildman–Crippen LogP) is 4.34. The molecule has 1 aromatic rings. The Labute approximate surface area is 203 Å². The minimum atomic E-state index is -0.735. The fraction of sp³-hybridized carbons (Fsp3) is 0.600. The number of cyclic esters (lactones) is 1. The van der Waals surface area contributed by atoms with E-state index in [9.17, 15) is 14.7 Å². The fourth-order valence-corrected chi connectivity index (χ4v) is 3.45. The molecule has 1 unspecified atom stereocenters. The van der Waals surface area contributed by atoms with Crippen molar-refractivity contribution >= 4 is 30.2 Å². The number of aliphatic hydroxyl groups is 1. The molecule has 8 heteroatoms. The van der Waals surface area contributed by atoms with Gasteiger partial charge in [0.15, 0.2) is 0 Å². The normalized spacial score (nSPS) is 19.5. The molecule has 186 valence electrons. The van der Waals surface area contributed by atoms with E-state index in [4.69, 9.17) is 14.2 Å². The van der Waals surface area contributed by atoms with Gasteiger partial charge in [0.1, 0.15) is 35.6 Å². The number of hydrogen-bond acceptors (Lipinski definition) is 7. The van der Waals surface area contributed by atoms with E-state index < -0.39 is 12.1 Å². The summed E-state index contributed by atoms with van der Waals surface area (Å²) in [6.07, 6.45) is 6.59. The number of carbonyl (C=O) groups excluding carboxylic acids is 2. The maximum Gasteiger partial charge on any atom is 0.342 e. The number of halogens is 1. The standard InChI is InChI=1S/C25H37NO6.ClH/c1-17(2)26-15-21(28)16-31-23-14-22(30-4)13-19-10-6-5-7-11-20(27)12-8-9-18(3)32-25(29)24(19)23;/h6,10,13-14,17-18,21,26,28H,5,7-9,11-12,15-16H2,1-4H3;1H/b10-6+;/t18-,21?;/m0./s1. The van der Waals surface area contributed by atoms with Crippen LogP contribution in [-0.4, -0.2) is 55.4 Å². The highest BCUT2D eigenvalue weighted by molar-refractivity contribution is 5.97. The van der Waals surface area contributed by atoms with Crippen LogP contribution < -0.4 is 14.8 Å². The largest absolute Gasteiger partial charge is 0.497 e. The second-order valence-corrected chi connectivity index (χ2v) is 8.56. The first-order valence-electron chi connectivity index (χ1n) is 11.5. The Kier molecular flexibility index (Phi) is 13.1. The summed E-state index contributed by atoms with van der Waals surface area (Å²) >= 11 is 0. The zero-order valence-electron chi connectivity index (χ0n) is 20.1. The van der Waals surface area contributed by atoms with E-state index in [0.29, 0.717) is 54.9 Å². The van der Waals surface area contributed by atoms with Crippen LogP contribution in [0.2, 0.25) is 0 Å². The van der Waals surface area contributed by atoms with Gasteiger partial charge in [0.25, 0.3) is 0 Å². The Hall–Kier alpha value is -2.09. The quantitative estimate of drug-likeness (QED) is 0.557. The first-order chi connectivity index (χ1) is 15.3. The summed E-state index contributed by atoms with van der Waals surface area (Å²) < 4.78 is 17.0. The second-order valence-electron chi connectivity index (χ2n) is 8.56. The molecule has 0 amide bonds. The average molecular weight is 484 g/mol. The first kappa shape index (κ1) is 28.9. The molecule has 2 rings (SSSR count). The van der Waals surface area contributed by atoms with E-state index in [0.717, 1.165) is 12.8 Å². The number of allylic oxidation sites excluding steroid dienone is 1. The predicted molar refractivity (Wildman–Crippen MR) is 132 cm³/mol. The van der Waals surface area contributed by atoms with Crippen LogP contribution in [0.15, 0.2) is 18.2 Å². The SMILES string of the molecule is COc1cc2c(c(OCC(O)CNC(C)C)c1)C(=O)O[C@@H](C)CCCC(=O)CCC/C=C/2.Cl. The maximum absolute atomic E-state index is 13.1. The minimum Gasteiger partial charge on any atom is -0.497 e. The van der Waals surface area contributed by atoms with Crippen molar-refractivity contribution in [3.63, 3.8) is 0 Å². The Bertz CT molecular complexity index is 795. The highest BCUT2D eigenvalue weighted by Crippen LogP contribution is 2.32. The van der Waals surface area contributed by atoms with Crippen LogP contribution >= 0.6 is 12.4 Å². The van der Waals surface area contributed by atoms with E-state index in [1.54, 1.807) is 19.2 Å². The Morgan fingerprint density at radius 3 is 2.64 bits per heavy atom. The zero-order valence-corrected chi connectivity index (χ0v) is 20.9. The molecule has 0 aromatic heterocycles. The number of carbonyl (C=O) groups is 2. The second kappa shape index (κ2) is 14.9. The summed E-state index contributed by atoms with van der Waals surface area (Å²) in [5.74, 6) is 0.604. The topological polar surface area (TPSA) is 94.1 Å². The summed E-state index contributed by atoms with van der Waals surface area (Å²) in [7, 11) is 1.55. The number of benzene rings is 1. The van der Waals surface area contributed by atoms with Crippen molar-refractivity contribution in [1.29, 1.82) is 0 Å². The number of hydrogen-bond donors (Lipinski definition) is 2. The molecule has 33 heavy (non-hydrogen) atoms. The zero-order chi connectivity index (χ0) is 23.5. The summed E-state index contributed by atoms with van der Waals surface area (Å²) in [6, 6.07) is 3.65. The molecule has 2 atom stereocenters. The van der Waals surface area contributed by atoms with Crippen LogP contribution in [0.4, 0.5) is 0 Å². The number of rotatable bonds is 7. The van der Waals surface area contributed by atoms with Gasteiger partial charge < -0.3 is 24.6 Å². The van der Waals surface area contributed by atoms with Crippen LogP contribution in [0, 0.1) is 0 Å². The lowest BCUT2D eigenvalue weighted by atomic mass is 10.0. The van der Waals surface area contributed by atoms with Crippen molar-refractivity contribution in [2.24, 2.45) is 0 Å². The van der Waals surface area contributed by atoms with Gasteiger partial charge in [-0.3, -0.25) is 4.79 Å². The number of fused-ring (bicyclic) bond motifs is 1. The van der Waals surface area contributed by atoms with E-state index >= 15 is 0 Å². The van der Waals surface area contributed by atoms with Gasteiger partial charge in [0, 0.05) is 31.5 Å². The van der Waals surface area contributed by atoms with Gasteiger partial charge in [-0.15, -0.1) is 12.4 Å². The molecule has 0 radical (unpaired) electrons. The van der Waals surface area contributed by atoms with Crippen LogP contribution in [0.5, 0.6) is 11.5 Å². The Balaban J connectivity index is 0.00000544. The van der Waals surface area contributed by atoms with Crippen molar-refractivity contribution in [3.8, 4) is 11.5 Å². The van der Waals surface area contributed by atoms with Gasteiger partial charge in [-0.1, -0.05) is 26.0 Å². The molecular formula is C25H38ClNO6. The van der Waals surface area contributed by atoms with Crippen molar-refractivity contribution in [2.75, 3.05) is 20.3 Å². The number of ether oxygens (including phenoxy) is 3. The highest BCUT2D eigenvalue weighted by atomic mass is 35.5. The number of esters is 1. The third-order valence-corrected chi connectivity index (χ3v) is 5.24. The summed E-state index contributed by atoms with van der Waals surface area (Å²) in [5.41, 5.74) is 0.931. The number of ketones is 1. The molecule has 1 aliphatic heterocycles. The maximum atomic E-state index is 13.1. The molecule has 0 bridgehead atoms. The number of aliphatic hydroxyl groups excluding tert-OH is 1. The van der Waals surface area contributed by atoms with Gasteiger partial charge in [-0.2, -0.15) is 0 Å². The summed E-state index contributed by atoms with van der Waals surface area (Å²) in [4.78, 5) is 25.1. The summed E-state index contributed by atoms with van der Waals surface area (Å²) in [5, 5.41) is 13.4. The molecule has 0 aliphatic carbocycles. The lowest BCUT2D eigenvalue weighted by Crippen LogP contribution is -2.35. The lowest BCUT2D eigenvalue weighted by Gasteiger charge is -2.20. The van der Waals surface area contributed by atoms with Crippen LogP contribution in [0.25, 0.3) is 6.08 Å². The van der Waals surface area contributed by atoms with Gasteiger partial charge in [0.05, 0.1) is 13.2 Å². The van der Waals surface area contributed by atoms with Gasteiger partial charge in [-0.05, 0) is 44.2 Å². The van der Waals surface area contributed by atoms with Crippen molar-refractivity contribution in [1.82, 2.24) is 5.32 Å². The first-order valence-corrected chi connectivity index (χ1v) is 11.5. The molecule has 7 nitrogen and oxygen atoms in total. The van der Waals surface area contributed by atoms with Crippen molar-refractivity contribution in [2.45, 2.75) is 77.5 Å². The van der Waals surface area contributed by atoms with Crippen LogP contribution in [0.1, 0.15) is 75.2 Å². The molecule has 0 saturated heterocycles. The number of Topliss-reactive ketones (excluding diaryl/α,β-unsaturated/α-hetero) is 1. The fourth-order valence-electron chi connectivity index (χ4n) is 3.45. The van der Waals surface area contributed by atoms with E-state index in [-0.39, 0.29) is 36.9 Å². The molecule has 1 heterocycles. The highest BCUT2D eigenvalue weighted by Gasteiger charge is 2.23. The minimum absolute atomic E-state index is 0. The summed E-state index contributed by atoms with van der Waals surface area (Å²) in [6.45, 7) is 6.23. The number of methoxy groups -OCH3 is 1. The molecule has 1 aromatic carbocycles. The van der Waals surface area contributed by atoms with Gasteiger partial charge in [0.2, 0.25) is 0 Å².